The molecule has 5 rings (SSSR count). The number of imide groups is 1. The second-order valence-corrected chi connectivity index (χ2v) is 9.48. The quantitative estimate of drug-likeness (QED) is 0.162. The van der Waals surface area contributed by atoms with Crippen molar-refractivity contribution in [2.24, 2.45) is 0 Å². The van der Waals surface area contributed by atoms with Crippen LogP contribution >= 0.6 is 11.8 Å². The number of amides is 2. The minimum atomic E-state index is -0.238. The van der Waals surface area contributed by atoms with Crippen molar-refractivity contribution < 1.29 is 9.59 Å². The highest BCUT2D eigenvalue weighted by atomic mass is 32.2. The first-order valence-corrected chi connectivity index (χ1v) is 12.9. The maximum absolute atomic E-state index is 13.1. The highest BCUT2D eigenvalue weighted by Gasteiger charge is 2.32. The van der Waals surface area contributed by atoms with Gasteiger partial charge >= 0.3 is 0 Å². The van der Waals surface area contributed by atoms with Gasteiger partial charge < -0.3 is 4.57 Å². The highest BCUT2D eigenvalue weighted by molar-refractivity contribution is 7.99. The van der Waals surface area contributed by atoms with Gasteiger partial charge in [0, 0.05) is 41.8 Å². The number of thioether (sulfide) groups is 1. The van der Waals surface area contributed by atoms with Crippen LogP contribution in [0.3, 0.4) is 0 Å². The summed E-state index contributed by atoms with van der Waals surface area (Å²) in [5.41, 5.74) is 2.33. The summed E-state index contributed by atoms with van der Waals surface area (Å²) in [5, 5.41) is 11.3. The van der Waals surface area contributed by atoms with Crippen molar-refractivity contribution in [3.63, 3.8) is 0 Å². The molecule has 0 atom stereocenters. The first kappa shape index (κ1) is 23.8. The molecule has 0 radical (unpaired) electrons. The number of aryl methyl sites for hydroxylation is 1. The number of aromatic nitrogens is 3. The van der Waals surface area contributed by atoms with Crippen LogP contribution in [0.1, 0.15) is 38.5 Å². The molecular formula is C29H26N4O2S. The molecule has 4 aromatic rings. The van der Waals surface area contributed by atoms with Crippen LogP contribution in [0.5, 0.6) is 0 Å². The minimum Gasteiger partial charge on any atom is -0.302 e. The zero-order valence-electron chi connectivity index (χ0n) is 19.8. The van der Waals surface area contributed by atoms with Crippen molar-refractivity contribution in [2.45, 2.75) is 24.5 Å². The third kappa shape index (κ3) is 4.75. The van der Waals surface area contributed by atoms with E-state index in [1.807, 2.05) is 53.1 Å². The molecule has 0 spiro atoms. The Balaban J connectivity index is 1.24. The number of allylic oxidation sites excluding steroid dienone is 1. The fourth-order valence-electron chi connectivity index (χ4n) is 4.47. The molecule has 3 aromatic carbocycles. The van der Waals surface area contributed by atoms with E-state index < -0.39 is 0 Å². The lowest BCUT2D eigenvalue weighted by molar-refractivity contribution is 0.0608. The van der Waals surface area contributed by atoms with Crippen LogP contribution in [-0.4, -0.2) is 43.8 Å². The second kappa shape index (κ2) is 10.7. The van der Waals surface area contributed by atoms with Crippen LogP contribution < -0.4 is 0 Å². The van der Waals surface area contributed by atoms with Crippen LogP contribution in [0.25, 0.3) is 16.8 Å². The third-order valence-electron chi connectivity index (χ3n) is 6.16. The number of carbonyl (C=O) groups excluding carboxylic acids is 2. The zero-order chi connectivity index (χ0) is 24.9. The van der Waals surface area contributed by atoms with Gasteiger partial charge in [-0.15, -0.1) is 16.8 Å². The summed E-state index contributed by atoms with van der Waals surface area (Å²) in [6.45, 7) is 4.80. The van der Waals surface area contributed by atoms with Crippen molar-refractivity contribution in [3.05, 3.63) is 108 Å². The Kier molecular flexibility index (Phi) is 7.09. The molecule has 1 aliphatic rings. The summed E-state index contributed by atoms with van der Waals surface area (Å²) in [6.07, 6.45) is 7.23. The number of hydrogen-bond donors (Lipinski definition) is 0. The largest absolute Gasteiger partial charge is 0.302 e. The average molecular weight is 495 g/mol. The number of hydrogen-bond acceptors (Lipinski definition) is 5. The second-order valence-electron chi connectivity index (χ2n) is 8.50. The normalized spacial score (nSPS) is 13.2. The molecule has 0 unspecified atom stereocenters. The van der Waals surface area contributed by atoms with E-state index in [1.165, 1.54) is 4.90 Å². The van der Waals surface area contributed by atoms with Gasteiger partial charge in [0.05, 0.1) is 0 Å². The van der Waals surface area contributed by atoms with Crippen molar-refractivity contribution in [1.82, 2.24) is 19.7 Å². The van der Waals surface area contributed by atoms with Crippen molar-refractivity contribution in [3.8, 4) is 0 Å². The molecule has 1 aliphatic heterocycles. The fraction of sp³-hybridized carbons (Fsp3) is 0.172. The molecule has 0 fully saturated rings. The Bertz CT molecular complexity index is 1410. The van der Waals surface area contributed by atoms with Gasteiger partial charge in [-0.05, 0) is 29.5 Å². The van der Waals surface area contributed by atoms with Gasteiger partial charge in [0.15, 0.2) is 5.16 Å². The Hall–Kier alpha value is -3.97. The van der Waals surface area contributed by atoms with Crippen LogP contribution in [0.2, 0.25) is 0 Å². The highest BCUT2D eigenvalue weighted by Crippen LogP contribution is 2.30. The summed E-state index contributed by atoms with van der Waals surface area (Å²) in [5.74, 6) is 1.12. The molecule has 180 valence electrons. The molecule has 2 amide bonds. The van der Waals surface area contributed by atoms with Gasteiger partial charge in [-0.2, -0.15) is 0 Å². The summed E-state index contributed by atoms with van der Waals surface area (Å²) >= 11 is 1.61. The van der Waals surface area contributed by atoms with E-state index in [9.17, 15) is 9.59 Å². The summed E-state index contributed by atoms with van der Waals surface area (Å²) in [6, 6.07) is 21.3. The van der Waals surface area contributed by atoms with E-state index in [0.29, 0.717) is 37.1 Å². The molecule has 6 nitrogen and oxygen atoms in total. The Morgan fingerprint density at radius 1 is 0.889 bits per heavy atom. The standard InChI is InChI=1S/C29H26N4O2S/c1-2-18-32-25(30-31-29(32)36-20-9-12-21-10-4-3-5-11-21)17-8-19-33-27(34)23-15-6-13-22-14-7-16-24(26(22)23)28(33)35/h2-7,9-16H,1,8,17-20H2. The first-order valence-electron chi connectivity index (χ1n) is 11.9. The van der Waals surface area contributed by atoms with Gasteiger partial charge in [-0.25, -0.2) is 0 Å². The average Bonchev–Trinajstić information content (AvgIpc) is 3.29. The molecule has 1 aromatic heterocycles. The van der Waals surface area contributed by atoms with Crippen LogP contribution in [0, 0.1) is 0 Å². The van der Waals surface area contributed by atoms with Crippen LogP contribution in [-0.2, 0) is 13.0 Å². The molecule has 0 aliphatic carbocycles. The van der Waals surface area contributed by atoms with Gasteiger partial charge in [-0.1, -0.05) is 84.6 Å². The number of nitrogens with zero attached hydrogens (tertiary/aromatic N) is 4. The van der Waals surface area contributed by atoms with E-state index in [1.54, 1.807) is 23.9 Å². The van der Waals surface area contributed by atoms with E-state index in [4.69, 9.17) is 0 Å². The summed E-state index contributed by atoms with van der Waals surface area (Å²) in [7, 11) is 0. The van der Waals surface area contributed by atoms with E-state index in [-0.39, 0.29) is 11.8 Å². The lowest BCUT2D eigenvalue weighted by Crippen LogP contribution is -2.41. The summed E-state index contributed by atoms with van der Waals surface area (Å²) < 4.78 is 2.05. The van der Waals surface area contributed by atoms with Crippen molar-refractivity contribution >= 4 is 40.4 Å². The molecular weight excluding hydrogens is 468 g/mol. The third-order valence-corrected chi connectivity index (χ3v) is 7.08. The monoisotopic (exact) mass is 494 g/mol. The van der Waals surface area contributed by atoms with Gasteiger partial charge in [0.25, 0.3) is 11.8 Å². The maximum atomic E-state index is 13.1. The molecule has 0 saturated carbocycles. The van der Waals surface area contributed by atoms with Crippen LogP contribution in [0.15, 0.2) is 90.6 Å². The fourth-order valence-corrected chi connectivity index (χ4v) is 5.25. The predicted octanol–water partition coefficient (Wildman–Crippen LogP) is 5.65. The molecule has 2 heterocycles. The number of benzene rings is 3. The Morgan fingerprint density at radius 3 is 2.31 bits per heavy atom. The Morgan fingerprint density at radius 2 is 1.61 bits per heavy atom. The van der Waals surface area contributed by atoms with Crippen molar-refractivity contribution in [1.29, 1.82) is 0 Å². The Labute approximate surface area is 214 Å². The first-order chi connectivity index (χ1) is 17.7. The lowest BCUT2D eigenvalue weighted by Gasteiger charge is -2.27. The van der Waals surface area contributed by atoms with Gasteiger partial charge in [-0.3, -0.25) is 14.5 Å². The topological polar surface area (TPSA) is 68.1 Å². The molecule has 0 bridgehead atoms. The molecule has 0 N–H and O–H groups in total. The van der Waals surface area contributed by atoms with Crippen LogP contribution in [0.4, 0.5) is 0 Å². The smallest absolute Gasteiger partial charge is 0.261 e. The van der Waals surface area contributed by atoms with E-state index in [2.05, 4.69) is 41.1 Å². The van der Waals surface area contributed by atoms with Gasteiger partial charge in [0.2, 0.25) is 0 Å². The van der Waals surface area contributed by atoms with E-state index >= 15 is 0 Å². The zero-order valence-corrected chi connectivity index (χ0v) is 20.7. The van der Waals surface area contributed by atoms with E-state index in [0.717, 1.165) is 33.1 Å². The maximum Gasteiger partial charge on any atom is 0.261 e. The van der Waals surface area contributed by atoms with Gasteiger partial charge in [0.1, 0.15) is 5.82 Å². The number of carbonyl (C=O) groups is 2. The molecule has 7 heteroatoms. The van der Waals surface area contributed by atoms with Crippen molar-refractivity contribution in [2.75, 3.05) is 12.3 Å². The SMILES string of the molecule is C=CCn1c(CCCN2C(=O)c3cccc4cccc(c34)C2=O)nnc1SCC=Cc1ccccc1. The summed E-state index contributed by atoms with van der Waals surface area (Å²) in [4.78, 5) is 27.6. The minimum absolute atomic E-state index is 0.238. The molecule has 36 heavy (non-hydrogen) atoms. The number of rotatable bonds is 10. The predicted molar refractivity (Wildman–Crippen MR) is 144 cm³/mol. The lowest BCUT2D eigenvalue weighted by atomic mass is 9.94. The molecule has 0 saturated heterocycles.